The zero-order chi connectivity index (χ0) is 12.1. The first-order valence-electron chi connectivity index (χ1n) is 6.09. The Morgan fingerprint density at radius 3 is 2.65 bits per heavy atom. The lowest BCUT2D eigenvalue weighted by Crippen LogP contribution is -2.19. The van der Waals surface area contributed by atoms with Gasteiger partial charge < -0.3 is 10.1 Å². The molecule has 0 spiro atoms. The molecule has 0 amide bonds. The van der Waals surface area contributed by atoms with E-state index in [9.17, 15) is 0 Å². The fourth-order valence-corrected chi connectivity index (χ4v) is 1.88. The number of hydrogen-bond donors (Lipinski definition) is 1. The molecule has 90 valence electrons. The fraction of sp³-hybridized carbons (Fsp3) is 0.333. The maximum Gasteiger partial charge on any atom is 0.120 e. The Kier molecular flexibility index (Phi) is 3.99. The van der Waals surface area contributed by atoms with Gasteiger partial charge in [0.1, 0.15) is 5.75 Å². The monoisotopic (exact) mass is 229 g/mol. The van der Waals surface area contributed by atoms with Gasteiger partial charge in [0.25, 0.3) is 0 Å². The van der Waals surface area contributed by atoms with Crippen molar-refractivity contribution in [3.63, 3.8) is 0 Å². The highest BCUT2D eigenvalue weighted by atomic mass is 16.5. The van der Waals surface area contributed by atoms with Crippen LogP contribution >= 0.6 is 0 Å². The van der Waals surface area contributed by atoms with Gasteiger partial charge in [0, 0.05) is 0 Å². The Balaban J connectivity index is 2.08. The Labute approximate surface area is 103 Å². The standard InChI is InChI=1S/C15H19NO/c1-12(9-10-16-2)17-15-8-7-13-5-3-4-6-14(13)11-15/h3-8,11-12,16H,9-10H2,1-2H3. The third-order valence-corrected chi connectivity index (χ3v) is 2.86. The maximum absolute atomic E-state index is 5.88. The number of benzene rings is 2. The molecule has 0 aromatic heterocycles. The Morgan fingerprint density at radius 2 is 1.88 bits per heavy atom. The minimum Gasteiger partial charge on any atom is -0.491 e. The summed E-state index contributed by atoms with van der Waals surface area (Å²) in [6, 6.07) is 14.6. The first-order valence-corrected chi connectivity index (χ1v) is 6.09. The largest absolute Gasteiger partial charge is 0.491 e. The molecule has 0 radical (unpaired) electrons. The summed E-state index contributed by atoms with van der Waals surface area (Å²) < 4.78 is 5.88. The van der Waals surface area contributed by atoms with E-state index in [0.29, 0.717) is 0 Å². The molecule has 1 unspecified atom stereocenters. The van der Waals surface area contributed by atoms with Gasteiger partial charge in [-0.05, 0) is 49.8 Å². The van der Waals surface area contributed by atoms with Gasteiger partial charge in [0.15, 0.2) is 0 Å². The second-order valence-corrected chi connectivity index (χ2v) is 4.33. The molecule has 0 aliphatic heterocycles. The fourth-order valence-electron chi connectivity index (χ4n) is 1.88. The number of rotatable bonds is 5. The predicted octanol–water partition coefficient (Wildman–Crippen LogP) is 3.22. The van der Waals surface area contributed by atoms with E-state index in [0.717, 1.165) is 18.7 Å². The van der Waals surface area contributed by atoms with Crippen LogP contribution in [0.5, 0.6) is 5.75 Å². The van der Waals surface area contributed by atoms with E-state index in [1.165, 1.54) is 10.8 Å². The van der Waals surface area contributed by atoms with E-state index in [1.807, 2.05) is 13.1 Å². The first kappa shape index (κ1) is 11.9. The Bertz CT molecular complexity index is 481. The molecule has 0 heterocycles. The Morgan fingerprint density at radius 1 is 1.12 bits per heavy atom. The molecular weight excluding hydrogens is 210 g/mol. The Hall–Kier alpha value is -1.54. The van der Waals surface area contributed by atoms with Gasteiger partial charge in [-0.2, -0.15) is 0 Å². The van der Waals surface area contributed by atoms with Gasteiger partial charge in [0.2, 0.25) is 0 Å². The second-order valence-electron chi connectivity index (χ2n) is 4.33. The van der Waals surface area contributed by atoms with Crippen molar-refractivity contribution in [2.75, 3.05) is 13.6 Å². The van der Waals surface area contributed by atoms with E-state index in [1.54, 1.807) is 0 Å². The van der Waals surface area contributed by atoms with Crippen LogP contribution in [0.25, 0.3) is 10.8 Å². The van der Waals surface area contributed by atoms with Crippen LogP contribution in [-0.4, -0.2) is 19.7 Å². The summed E-state index contributed by atoms with van der Waals surface area (Å²) in [5.74, 6) is 0.951. The van der Waals surface area contributed by atoms with E-state index >= 15 is 0 Å². The van der Waals surface area contributed by atoms with Crippen LogP contribution in [0.1, 0.15) is 13.3 Å². The molecule has 2 aromatic carbocycles. The molecule has 0 saturated heterocycles. The lowest BCUT2D eigenvalue weighted by atomic mass is 10.1. The summed E-state index contributed by atoms with van der Waals surface area (Å²) in [6.07, 6.45) is 1.26. The molecule has 17 heavy (non-hydrogen) atoms. The van der Waals surface area contributed by atoms with E-state index in [4.69, 9.17) is 4.74 Å². The quantitative estimate of drug-likeness (QED) is 0.850. The summed E-state index contributed by atoms with van der Waals surface area (Å²) in [4.78, 5) is 0. The molecule has 0 fully saturated rings. The summed E-state index contributed by atoms with van der Waals surface area (Å²) in [5, 5.41) is 5.61. The van der Waals surface area contributed by atoms with Crippen molar-refractivity contribution in [2.24, 2.45) is 0 Å². The number of hydrogen-bond acceptors (Lipinski definition) is 2. The second kappa shape index (κ2) is 5.69. The average Bonchev–Trinajstić information content (AvgIpc) is 2.36. The third-order valence-electron chi connectivity index (χ3n) is 2.86. The number of nitrogens with one attached hydrogen (secondary N) is 1. The molecular formula is C15H19NO. The highest BCUT2D eigenvalue weighted by Gasteiger charge is 2.03. The normalized spacial score (nSPS) is 12.6. The topological polar surface area (TPSA) is 21.3 Å². The molecule has 2 rings (SSSR count). The molecule has 0 saturated carbocycles. The molecule has 0 aliphatic rings. The average molecular weight is 229 g/mol. The molecule has 1 atom stereocenters. The summed E-state index contributed by atoms with van der Waals surface area (Å²) in [5.41, 5.74) is 0. The van der Waals surface area contributed by atoms with Gasteiger partial charge in [-0.15, -0.1) is 0 Å². The molecule has 2 nitrogen and oxygen atoms in total. The van der Waals surface area contributed by atoms with Crippen molar-refractivity contribution in [1.29, 1.82) is 0 Å². The zero-order valence-corrected chi connectivity index (χ0v) is 10.4. The molecule has 2 heteroatoms. The highest BCUT2D eigenvalue weighted by molar-refractivity contribution is 5.83. The molecule has 0 aliphatic carbocycles. The van der Waals surface area contributed by atoms with Crippen molar-refractivity contribution in [3.05, 3.63) is 42.5 Å². The summed E-state index contributed by atoms with van der Waals surface area (Å²) in [6.45, 7) is 3.08. The summed E-state index contributed by atoms with van der Waals surface area (Å²) >= 11 is 0. The van der Waals surface area contributed by atoms with Crippen LogP contribution in [0.2, 0.25) is 0 Å². The number of ether oxygens (including phenoxy) is 1. The molecule has 0 bridgehead atoms. The van der Waals surface area contributed by atoms with Crippen LogP contribution in [-0.2, 0) is 0 Å². The lowest BCUT2D eigenvalue weighted by Gasteiger charge is -2.14. The van der Waals surface area contributed by atoms with Crippen molar-refractivity contribution in [1.82, 2.24) is 5.32 Å². The van der Waals surface area contributed by atoms with Gasteiger partial charge in [-0.3, -0.25) is 0 Å². The van der Waals surface area contributed by atoms with Crippen LogP contribution < -0.4 is 10.1 Å². The minimum absolute atomic E-state index is 0.239. The zero-order valence-electron chi connectivity index (χ0n) is 10.4. The van der Waals surface area contributed by atoms with Crippen LogP contribution in [0, 0.1) is 0 Å². The smallest absolute Gasteiger partial charge is 0.120 e. The third kappa shape index (κ3) is 3.21. The minimum atomic E-state index is 0.239. The van der Waals surface area contributed by atoms with E-state index in [2.05, 4.69) is 48.6 Å². The number of fused-ring (bicyclic) bond motifs is 1. The maximum atomic E-state index is 5.88. The van der Waals surface area contributed by atoms with Crippen molar-refractivity contribution >= 4 is 10.8 Å². The molecule has 1 N–H and O–H groups in total. The van der Waals surface area contributed by atoms with Crippen LogP contribution in [0.3, 0.4) is 0 Å². The van der Waals surface area contributed by atoms with Crippen LogP contribution in [0.4, 0.5) is 0 Å². The highest BCUT2D eigenvalue weighted by Crippen LogP contribution is 2.21. The SMILES string of the molecule is CNCCC(C)Oc1ccc2ccccc2c1. The van der Waals surface area contributed by atoms with Gasteiger partial charge >= 0.3 is 0 Å². The van der Waals surface area contributed by atoms with Gasteiger partial charge in [0.05, 0.1) is 6.10 Å². The van der Waals surface area contributed by atoms with E-state index in [-0.39, 0.29) is 6.10 Å². The van der Waals surface area contributed by atoms with Gasteiger partial charge in [-0.25, -0.2) is 0 Å². The first-order chi connectivity index (χ1) is 8.29. The summed E-state index contributed by atoms with van der Waals surface area (Å²) in [7, 11) is 1.96. The lowest BCUT2D eigenvalue weighted by molar-refractivity contribution is 0.211. The van der Waals surface area contributed by atoms with Crippen LogP contribution in [0.15, 0.2) is 42.5 Å². The van der Waals surface area contributed by atoms with Crippen molar-refractivity contribution in [3.8, 4) is 5.75 Å². The van der Waals surface area contributed by atoms with Crippen molar-refractivity contribution < 1.29 is 4.74 Å². The predicted molar refractivity (Wildman–Crippen MR) is 72.6 cm³/mol. The van der Waals surface area contributed by atoms with Crippen molar-refractivity contribution in [2.45, 2.75) is 19.4 Å². The molecule has 2 aromatic rings. The van der Waals surface area contributed by atoms with Gasteiger partial charge in [-0.1, -0.05) is 30.3 Å². The van der Waals surface area contributed by atoms with E-state index < -0.39 is 0 Å².